The normalized spacial score (nSPS) is 10.1. The maximum absolute atomic E-state index is 5.08. The number of nitrogens with two attached hydrogens (primary N) is 1. The van der Waals surface area contributed by atoms with Crippen LogP contribution in [0.2, 0.25) is 0 Å². The molecule has 0 aliphatic heterocycles. The van der Waals surface area contributed by atoms with E-state index in [4.69, 9.17) is 5.90 Å². The van der Waals surface area contributed by atoms with Crippen LogP contribution in [0.25, 0.3) is 0 Å². The van der Waals surface area contributed by atoms with E-state index >= 15 is 0 Å². The van der Waals surface area contributed by atoms with Crippen LogP contribution in [0, 0.1) is 13.8 Å². The topological polar surface area (TPSA) is 47.3 Å². The van der Waals surface area contributed by atoms with Gasteiger partial charge in [-0.3, -0.25) is 0 Å². The highest BCUT2D eigenvalue weighted by molar-refractivity contribution is 5.64. The third kappa shape index (κ3) is 2.77. The van der Waals surface area contributed by atoms with Gasteiger partial charge in [0.25, 0.3) is 0 Å². The SMILES string of the molecule is Cc1ccc(C)c(Nc2ccc(ON)cc2)c1. The average molecular weight is 228 g/mol. The molecule has 88 valence electrons. The zero-order valence-electron chi connectivity index (χ0n) is 10.0. The van der Waals surface area contributed by atoms with Gasteiger partial charge in [-0.15, -0.1) is 0 Å². The minimum Gasteiger partial charge on any atom is -0.412 e. The summed E-state index contributed by atoms with van der Waals surface area (Å²) in [6.07, 6.45) is 0. The summed E-state index contributed by atoms with van der Waals surface area (Å²) < 4.78 is 0. The van der Waals surface area contributed by atoms with E-state index in [1.807, 2.05) is 24.3 Å². The summed E-state index contributed by atoms with van der Waals surface area (Å²) in [7, 11) is 0. The number of hydrogen-bond donors (Lipinski definition) is 2. The standard InChI is InChI=1S/C14H16N2O/c1-10-3-4-11(2)14(9-10)16-12-5-7-13(17-15)8-6-12/h3-9,16H,15H2,1-2H3. The Labute approximate surface area is 101 Å². The highest BCUT2D eigenvalue weighted by Crippen LogP contribution is 2.23. The van der Waals surface area contributed by atoms with E-state index in [2.05, 4.69) is 42.2 Å². The lowest BCUT2D eigenvalue weighted by atomic mass is 10.1. The third-order valence-electron chi connectivity index (χ3n) is 2.66. The maximum Gasteiger partial charge on any atom is 0.146 e. The first-order valence-electron chi connectivity index (χ1n) is 5.50. The molecule has 0 atom stereocenters. The molecule has 0 aliphatic carbocycles. The number of nitrogens with one attached hydrogen (secondary N) is 1. The molecule has 17 heavy (non-hydrogen) atoms. The molecule has 0 heterocycles. The first-order chi connectivity index (χ1) is 8.19. The minimum absolute atomic E-state index is 0.650. The van der Waals surface area contributed by atoms with Gasteiger partial charge in [0.15, 0.2) is 0 Å². The molecular weight excluding hydrogens is 212 g/mol. The van der Waals surface area contributed by atoms with Gasteiger partial charge in [0.05, 0.1) is 0 Å². The largest absolute Gasteiger partial charge is 0.412 e. The number of anilines is 2. The Kier molecular flexibility index (Phi) is 3.30. The van der Waals surface area contributed by atoms with Crippen molar-refractivity contribution in [2.75, 3.05) is 5.32 Å². The molecule has 3 heteroatoms. The number of aryl methyl sites for hydroxylation is 2. The quantitative estimate of drug-likeness (QED) is 0.792. The van der Waals surface area contributed by atoms with E-state index < -0.39 is 0 Å². The first kappa shape index (κ1) is 11.5. The molecule has 3 nitrogen and oxygen atoms in total. The Morgan fingerprint density at radius 2 is 1.71 bits per heavy atom. The fraction of sp³-hybridized carbons (Fsp3) is 0.143. The van der Waals surface area contributed by atoms with Crippen LogP contribution in [0.1, 0.15) is 11.1 Å². The second-order valence-electron chi connectivity index (χ2n) is 4.09. The third-order valence-corrected chi connectivity index (χ3v) is 2.66. The lowest BCUT2D eigenvalue weighted by Crippen LogP contribution is -2.01. The van der Waals surface area contributed by atoms with Crippen molar-refractivity contribution in [2.24, 2.45) is 5.90 Å². The van der Waals surface area contributed by atoms with Crippen molar-refractivity contribution in [1.82, 2.24) is 0 Å². The summed E-state index contributed by atoms with van der Waals surface area (Å²) in [4.78, 5) is 4.63. The molecule has 2 aromatic carbocycles. The van der Waals surface area contributed by atoms with Crippen molar-refractivity contribution in [1.29, 1.82) is 0 Å². The fourth-order valence-electron chi connectivity index (χ4n) is 1.64. The molecule has 0 saturated carbocycles. The van der Waals surface area contributed by atoms with Crippen molar-refractivity contribution < 1.29 is 4.84 Å². The smallest absolute Gasteiger partial charge is 0.146 e. The van der Waals surface area contributed by atoms with Gasteiger partial charge in [0.2, 0.25) is 0 Å². The number of hydrogen-bond acceptors (Lipinski definition) is 3. The summed E-state index contributed by atoms with van der Waals surface area (Å²) in [5.41, 5.74) is 4.58. The summed E-state index contributed by atoms with van der Waals surface area (Å²) >= 11 is 0. The van der Waals surface area contributed by atoms with Gasteiger partial charge in [-0.05, 0) is 55.3 Å². The number of rotatable bonds is 3. The molecular formula is C14H16N2O. The van der Waals surface area contributed by atoms with E-state index in [0.29, 0.717) is 5.75 Å². The molecule has 0 fully saturated rings. The zero-order chi connectivity index (χ0) is 12.3. The summed E-state index contributed by atoms with van der Waals surface area (Å²) in [6.45, 7) is 4.16. The van der Waals surface area contributed by atoms with Crippen molar-refractivity contribution in [3.05, 3.63) is 53.6 Å². The van der Waals surface area contributed by atoms with Crippen LogP contribution in [-0.4, -0.2) is 0 Å². The Morgan fingerprint density at radius 1 is 1.00 bits per heavy atom. The molecule has 2 rings (SSSR count). The van der Waals surface area contributed by atoms with Crippen LogP contribution in [0.4, 0.5) is 11.4 Å². The van der Waals surface area contributed by atoms with Crippen molar-refractivity contribution in [2.45, 2.75) is 13.8 Å². The second kappa shape index (κ2) is 4.89. The highest BCUT2D eigenvalue weighted by atomic mass is 16.6. The maximum atomic E-state index is 5.08. The monoisotopic (exact) mass is 228 g/mol. The van der Waals surface area contributed by atoms with Crippen LogP contribution in [0.3, 0.4) is 0 Å². The van der Waals surface area contributed by atoms with E-state index in [9.17, 15) is 0 Å². The molecule has 0 saturated heterocycles. The van der Waals surface area contributed by atoms with E-state index in [0.717, 1.165) is 11.4 Å². The van der Waals surface area contributed by atoms with Crippen LogP contribution in [0.15, 0.2) is 42.5 Å². The van der Waals surface area contributed by atoms with Gasteiger partial charge in [0, 0.05) is 11.4 Å². The predicted molar refractivity (Wildman–Crippen MR) is 70.5 cm³/mol. The van der Waals surface area contributed by atoms with Crippen molar-refractivity contribution >= 4 is 11.4 Å². The molecule has 0 aromatic heterocycles. The van der Waals surface area contributed by atoms with E-state index in [-0.39, 0.29) is 0 Å². The molecule has 3 N–H and O–H groups in total. The fourth-order valence-corrected chi connectivity index (χ4v) is 1.64. The van der Waals surface area contributed by atoms with Crippen LogP contribution in [0.5, 0.6) is 5.75 Å². The summed E-state index contributed by atoms with van der Waals surface area (Å²) in [6, 6.07) is 13.9. The number of benzene rings is 2. The Hall–Kier alpha value is -2.00. The second-order valence-corrected chi connectivity index (χ2v) is 4.09. The van der Waals surface area contributed by atoms with Crippen molar-refractivity contribution in [3.8, 4) is 5.75 Å². The Balaban J connectivity index is 2.22. The van der Waals surface area contributed by atoms with Crippen molar-refractivity contribution in [3.63, 3.8) is 0 Å². The molecule has 0 radical (unpaired) electrons. The van der Waals surface area contributed by atoms with Gasteiger partial charge in [0.1, 0.15) is 5.75 Å². The molecule has 0 aliphatic rings. The van der Waals surface area contributed by atoms with Crippen LogP contribution < -0.4 is 16.1 Å². The molecule has 0 spiro atoms. The molecule has 0 bridgehead atoms. The Morgan fingerprint density at radius 3 is 2.35 bits per heavy atom. The van der Waals surface area contributed by atoms with Gasteiger partial charge < -0.3 is 10.2 Å². The summed E-state index contributed by atoms with van der Waals surface area (Å²) in [5.74, 6) is 5.73. The zero-order valence-corrected chi connectivity index (χ0v) is 10.0. The van der Waals surface area contributed by atoms with Gasteiger partial charge >= 0.3 is 0 Å². The van der Waals surface area contributed by atoms with Crippen LogP contribution >= 0.6 is 0 Å². The van der Waals surface area contributed by atoms with E-state index in [1.54, 1.807) is 0 Å². The average Bonchev–Trinajstić information content (AvgIpc) is 2.35. The minimum atomic E-state index is 0.650. The van der Waals surface area contributed by atoms with Gasteiger partial charge in [-0.2, -0.15) is 5.90 Å². The van der Waals surface area contributed by atoms with E-state index in [1.165, 1.54) is 11.1 Å². The lowest BCUT2D eigenvalue weighted by Gasteiger charge is -2.10. The Bertz CT molecular complexity index is 506. The molecule has 2 aromatic rings. The molecule has 0 unspecified atom stereocenters. The summed E-state index contributed by atoms with van der Waals surface area (Å²) in [5, 5.41) is 3.37. The molecule has 0 amide bonds. The first-order valence-corrected chi connectivity index (χ1v) is 5.50. The lowest BCUT2D eigenvalue weighted by molar-refractivity contribution is 0.334. The predicted octanol–water partition coefficient (Wildman–Crippen LogP) is 3.30. The van der Waals surface area contributed by atoms with Gasteiger partial charge in [-0.25, -0.2) is 0 Å². The van der Waals surface area contributed by atoms with Crippen LogP contribution in [-0.2, 0) is 0 Å². The highest BCUT2D eigenvalue weighted by Gasteiger charge is 1.99. The van der Waals surface area contributed by atoms with Gasteiger partial charge in [-0.1, -0.05) is 12.1 Å².